The zero-order valence-corrected chi connectivity index (χ0v) is 10.3. The topological polar surface area (TPSA) is 70.2 Å². The molecule has 1 fully saturated rings. The van der Waals surface area contributed by atoms with Gasteiger partial charge in [0.1, 0.15) is 5.69 Å². The zero-order valence-electron chi connectivity index (χ0n) is 10.3. The van der Waals surface area contributed by atoms with Gasteiger partial charge in [-0.15, -0.1) is 0 Å². The van der Waals surface area contributed by atoms with Crippen LogP contribution in [-0.2, 0) is 0 Å². The summed E-state index contributed by atoms with van der Waals surface area (Å²) in [5.41, 5.74) is 0.910. The predicted octanol–water partition coefficient (Wildman–Crippen LogP) is 2.70. The zero-order chi connectivity index (χ0) is 13.1. The molecule has 0 amide bonds. The first kappa shape index (κ1) is 12.4. The quantitative estimate of drug-likeness (QED) is 0.590. The van der Waals surface area contributed by atoms with Crippen LogP contribution in [0.1, 0.15) is 24.8 Å². The predicted molar refractivity (Wildman–Crippen MR) is 68.4 cm³/mol. The van der Waals surface area contributed by atoms with Crippen molar-refractivity contribution in [2.75, 3.05) is 18.5 Å². The maximum absolute atomic E-state index is 11.0. The molecule has 2 rings (SSSR count). The number of nitriles is 1. The molecule has 0 saturated heterocycles. The van der Waals surface area contributed by atoms with E-state index in [1.807, 2.05) is 18.0 Å². The molecular weight excluding hydrogens is 230 g/mol. The van der Waals surface area contributed by atoms with Crippen LogP contribution in [0, 0.1) is 27.4 Å². The van der Waals surface area contributed by atoms with Crippen LogP contribution in [0.25, 0.3) is 0 Å². The molecule has 1 aliphatic carbocycles. The standard InChI is InChI=1S/C13H15N3O2/c1-15(7-6-10-2-3-10)12-5-4-11(9-14)8-13(12)16(17)18/h4-5,8,10H,2-3,6-7H2,1H3. The lowest BCUT2D eigenvalue weighted by Gasteiger charge is -2.19. The molecule has 18 heavy (non-hydrogen) atoms. The summed E-state index contributed by atoms with van der Waals surface area (Å²) < 4.78 is 0. The number of hydrogen-bond donors (Lipinski definition) is 0. The van der Waals surface area contributed by atoms with Gasteiger partial charge in [-0.3, -0.25) is 10.1 Å². The lowest BCUT2D eigenvalue weighted by atomic mass is 10.1. The summed E-state index contributed by atoms with van der Waals surface area (Å²) in [7, 11) is 1.86. The van der Waals surface area contributed by atoms with E-state index < -0.39 is 4.92 Å². The minimum absolute atomic E-state index is 0.00680. The smallest absolute Gasteiger partial charge is 0.293 e. The molecule has 5 heteroatoms. The fourth-order valence-corrected chi connectivity index (χ4v) is 1.97. The summed E-state index contributed by atoms with van der Waals surface area (Å²) >= 11 is 0. The molecule has 1 saturated carbocycles. The molecule has 0 radical (unpaired) electrons. The lowest BCUT2D eigenvalue weighted by molar-refractivity contribution is -0.384. The lowest BCUT2D eigenvalue weighted by Crippen LogP contribution is -2.20. The average Bonchev–Trinajstić information content (AvgIpc) is 3.19. The van der Waals surface area contributed by atoms with Crippen LogP contribution >= 0.6 is 0 Å². The van der Waals surface area contributed by atoms with Crippen LogP contribution < -0.4 is 4.90 Å². The highest BCUT2D eigenvalue weighted by atomic mass is 16.6. The summed E-state index contributed by atoms with van der Waals surface area (Å²) in [6.45, 7) is 0.817. The Labute approximate surface area is 106 Å². The number of benzene rings is 1. The van der Waals surface area contributed by atoms with Gasteiger partial charge in [-0.25, -0.2) is 0 Å². The van der Waals surface area contributed by atoms with Gasteiger partial charge in [0.05, 0.1) is 16.6 Å². The first-order valence-corrected chi connectivity index (χ1v) is 6.01. The van der Waals surface area contributed by atoms with Crippen molar-refractivity contribution in [1.29, 1.82) is 5.26 Å². The van der Waals surface area contributed by atoms with Crippen molar-refractivity contribution < 1.29 is 4.92 Å². The first-order chi connectivity index (χ1) is 8.61. The van der Waals surface area contributed by atoms with Crippen molar-refractivity contribution in [2.24, 2.45) is 5.92 Å². The van der Waals surface area contributed by atoms with E-state index in [9.17, 15) is 10.1 Å². The van der Waals surface area contributed by atoms with Crippen molar-refractivity contribution in [3.05, 3.63) is 33.9 Å². The molecule has 0 unspecified atom stereocenters. The molecule has 1 aromatic carbocycles. The Morgan fingerprint density at radius 2 is 2.28 bits per heavy atom. The molecule has 1 aliphatic rings. The van der Waals surface area contributed by atoms with Crippen molar-refractivity contribution in [3.63, 3.8) is 0 Å². The summed E-state index contributed by atoms with van der Waals surface area (Å²) in [5.74, 6) is 0.796. The Hall–Kier alpha value is -2.09. The van der Waals surface area contributed by atoms with Gasteiger partial charge < -0.3 is 4.90 Å². The Bertz CT molecular complexity index is 503. The third-order valence-electron chi connectivity index (χ3n) is 3.28. The third-order valence-corrected chi connectivity index (χ3v) is 3.28. The molecule has 0 N–H and O–H groups in total. The SMILES string of the molecule is CN(CCC1CC1)c1ccc(C#N)cc1[N+](=O)[O-]. The monoisotopic (exact) mass is 245 g/mol. The van der Waals surface area contributed by atoms with Gasteiger partial charge in [0, 0.05) is 19.7 Å². The van der Waals surface area contributed by atoms with Gasteiger partial charge >= 0.3 is 0 Å². The molecule has 94 valence electrons. The second kappa shape index (κ2) is 5.05. The van der Waals surface area contributed by atoms with E-state index in [4.69, 9.17) is 5.26 Å². The Morgan fingerprint density at radius 1 is 1.56 bits per heavy atom. The fraction of sp³-hybridized carbons (Fsp3) is 0.462. The number of nitrogens with zero attached hydrogens (tertiary/aromatic N) is 3. The minimum atomic E-state index is -0.427. The van der Waals surface area contributed by atoms with Crippen LogP contribution in [0.15, 0.2) is 18.2 Å². The molecule has 0 aromatic heterocycles. The largest absolute Gasteiger partial charge is 0.369 e. The summed E-state index contributed by atoms with van der Waals surface area (Å²) in [6, 6.07) is 6.54. The van der Waals surface area contributed by atoms with Crippen LogP contribution in [0.2, 0.25) is 0 Å². The summed E-state index contributed by atoms with van der Waals surface area (Å²) in [5, 5.41) is 19.8. The van der Waals surface area contributed by atoms with E-state index >= 15 is 0 Å². The van der Waals surface area contributed by atoms with Crippen LogP contribution in [-0.4, -0.2) is 18.5 Å². The van der Waals surface area contributed by atoms with Gasteiger partial charge in [0.15, 0.2) is 0 Å². The van der Waals surface area contributed by atoms with E-state index in [2.05, 4.69) is 0 Å². The van der Waals surface area contributed by atoms with Gasteiger partial charge in [-0.05, 0) is 24.5 Å². The number of anilines is 1. The first-order valence-electron chi connectivity index (χ1n) is 6.01. The second-order valence-corrected chi connectivity index (χ2v) is 4.73. The van der Waals surface area contributed by atoms with E-state index in [1.165, 1.54) is 18.9 Å². The highest BCUT2D eigenvalue weighted by Gasteiger charge is 2.23. The molecule has 0 atom stereocenters. The van der Waals surface area contributed by atoms with Crippen molar-refractivity contribution in [1.82, 2.24) is 0 Å². The van der Waals surface area contributed by atoms with Gasteiger partial charge in [-0.2, -0.15) is 5.26 Å². The van der Waals surface area contributed by atoms with Gasteiger partial charge in [0.2, 0.25) is 0 Å². The van der Waals surface area contributed by atoms with E-state index in [0.29, 0.717) is 11.3 Å². The molecule has 0 aliphatic heterocycles. The molecule has 1 aromatic rings. The minimum Gasteiger partial charge on any atom is -0.369 e. The fourth-order valence-electron chi connectivity index (χ4n) is 1.97. The Balaban J connectivity index is 2.19. The van der Waals surface area contributed by atoms with Crippen LogP contribution in [0.5, 0.6) is 0 Å². The van der Waals surface area contributed by atoms with E-state index in [1.54, 1.807) is 12.1 Å². The van der Waals surface area contributed by atoms with Gasteiger partial charge in [0.25, 0.3) is 5.69 Å². The van der Waals surface area contributed by atoms with Gasteiger partial charge in [-0.1, -0.05) is 12.8 Å². The number of nitro groups is 1. The molecule has 0 spiro atoms. The summed E-state index contributed by atoms with van der Waals surface area (Å²) in [4.78, 5) is 12.5. The maximum atomic E-state index is 11.0. The van der Waals surface area contributed by atoms with E-state index in [0.717, 1.165) is 18.9 Å². The van der Waals surface area contributed by atoms with Crippen molar-refractivity contribution in [3.8, 4) is 6.07 Å². The number of nitro benzene ring substituents is 1. The highest BCUT2D eigenvalue weighted by Crippen LogP contribution is 2.34. The second-order valence-electron chi connectivity index (χ2n) is 4.73. The van der Waals surface area contributed by atoms with E-state index in [-0.39, 0.29) is 5.69 Å². The Kier molecular flexibility index (Phi) is 3.47. The summed E-state index contributed by atoms with van der Waals surface area (Å²) in [6.07, 6.45) is 3.64. The maximum Gasteiger partial charge on any atom is 0.293 e. The molecule has 5 nitrogen and oxygen atoms in total. The van der Waals surface area contributed by atoms with Crippen LogP contribution in [0.4, 0.5) is 11.4 Å². The van der Waals surface area contributed by atoms with Crippen LogP contribution in [0.3, 0.4) is 0 Å². The molecule has 0 bridgehead atoms. The third kappa shape index (κ3) is 2.77. The Morgan fingerprint density at radius 3 is 2.83 bits per heavy atom. The number of rotatable bonds is 5. The number of hydrogen-bond acceptors (Lipinski definition) is 4. The molecule has 0 heterocycles. The highest BCUT2D eigenvalue weighted by molar-refractivity contribution is 5.65. The van der Waals surface area contributed by atoms with Crippen molar-refractivity contribution in [2.45, 2.75) is 19.3 Å². The normalized spacial score (nSPS) is 14.0. The average molecular weight is 245 g/mol. The van der Waals surface area contributed by atoms with Crippen molar-refractivity contribution >= 4 is 11.4 Å². The molecular formula is C13H15N3O2.